The van der Waals surface area contributed by atoms with Crippen molar-refractivity contribution in [2.24, 2.45) is 5.92 Å². The molecule has 0 bridgehead atoms. The molecule has 0 saturated carbocycles. The van der Waals surface area contributed by atoms with E-state index in [9.17, 15) is 4.79 Å². The Bertz CT molecular complexity index is 706. The van der Waals surface area contributed by atoms with Crippen LogP contribution < -0.4 is 5.32 Å². The van der Waals surface area contributed by atoms with Crippen molar-refractivity contribution >= 4 is 5.91 Å². The summed E-state index contributed by atoms with van der Waals surface area (Å²) in [6.45, 7) is 6.21. The highest BCUT2D eigenvalue weighted by Gasteiger charge is 2.27. The van der Waals surface area contributed by atoms with Crippen LogP contribution in [0.15, 0.2) is 28.8 Å². The number of furan rings is 1. The summed E-state index contributed by atoms with van der Waals surface area (Å²) in [7, 11) is 4.00. The third-order valence-corrected chi connectivity index (χ3v) is 4.47. The number of hydrogen-bond acceptors (Lipinski definition) is 5. The number of likely N-dealkylation sites (N-methyl/N-ethyl adjacent to an activating group) is 1. The molecule has 136 valence electrons. The molecule has 0 spiro atoms. The lowest BCUT2D eigenvalue weighted by Gasteiger charge is -2.22. The highest BCUT2D eigenvalue weighted by molar-refractivity contribution is 5.78. The Kier molecular flexibility index (Phi) is 5.55. The quantitative estimate of drug-likeness (QED) is 0.849. The predicted octanol–water partition coefficient (Wildman–Crippen LogP) is 1.09. The Labute approximate surface area is 148 Å². The highest BCUT2D eigenvalue weighted by Crippen LogP contribution is 2.19. The Hall–Kier alpha value is -2.12. The molecule has 1 aliphatic rings. The Morgan fingerprint density at radius 1 is 1.36 bits per heavy atom. The SMILES string of the molecule is Cc1ccc(CN2Cc3ccnn3C[C@H](C(=O)NCCN(C)C)C2)o1. The van der Waals surface area contributed by atoms with Crippen molar-refractivity contribution in [1.82, 2.24) is 24.9 Å². The number of hydrogen-bond donors (Lipinski definition) is 1. The van der Waals surface area contributed by atoms with Crippen molar-refractivity contribution in [3.8, 4) is 0 Å². The van der Waals surface area contributed by atoms with Gasteiger partial charge in [-0.2, -0.15) is 5.10 Å². The zero-order valence-electron chi connectivity index (χ0n) is 15.2. The van der Waals surface area contributed by atoms with E-state index < -0.39 is 0 Å². The molecule has 0 radical (unpaired) electrons. The number of fused-ring (bicyclic) bond motifs is 1. The highest BCUT2D eigenvalue weighted by atomic mass is 16.3. The van der Waals surface area contributed by atoms with Crippen LogP contribution in [0.2, 0.25) is 0 Å². The van der Waals surface area contributed by atoms with E-state index in [1.165, 1.54) is 0 Å². The first-order valence-corrected chi connectivity index (χ1v) is 8.72. The molecule has 1 amide bonds. The molecule has 7 nitrogen and oxygen atoms in total. The molecule has 25 heavy (non-hydrogen) atoms. The third kappa shape index (κ3) is 4.70. The molecule has 1 atom stereocenters. The van der Waals surface area contributed by atoms with Crippen molar-refractivity contribution in [2.45, 2.75) is 26.6 Å². The van der Waals surface area contributed by atoms with Crippen molar-refractivity contribution in [2.75, 3.05) is 33.7 Å². The fourth-order valence-electron chi connectivity index (χ4n) is 3.15. The van der Waals surface area contributed by atoms with Crippen LogP contribution in [-0.4, -0.2) is 59.2 Å². The van der Waals surface area contributed by atoms with Gasteiger partial charge in [0.05, 0.1) is 24.7 Å². The molecule has 1 N–H and O–H groups in total. The van der Waals surface area contributed by atoms with Crippen LogP contribution in [-0.2, 0) is 24.4 Å². The normalized spacial score (nSPS) is 18.2. The van der Waals surface area contributed by atoms with Crippen LogP contribution in [0.5, 0.6) is 0 Å². The molecule has 2 aromatic heterocycles. The zero-order chi connectivity index (χ0) is 17.8. The van der Waals surface area contributed by atoms with Crippen LogP contribution in [0.1, 0.15) is 17.2 Å². The maximum Gasteiger partial charge on any atom is 0.226 e. The van der Waals surface area contributed by atoms with Gasteiger partial charge in [0.15, 0.2) is 0 Å². The van der Waals surface area contributed by atoms with Gasteiger partial charge in [-0.15, -0.1) is 0 Å². The molecule has 3 rings (SSSR count). The molecule has 0 saturated heterocycles. The van der Waals surface area contributed by atoms with Crippen molar-refractivity contribution in [3.63, 3.8) is 0 Å². The predicted molar refractivity (Wildman–Crippen MR) is 94.8 cm³/mol. The number of nitrogens with zero attached hydrogens (tertiary/aromatic N) is 4. The Morgan fingerprint density at radius 3 is 2.92 bits per heavy atom. The molecule has 0 fully saturated rings. The molecule has 0 aromatic carbocycles. The van der Waals surface area contributed by atoms with E-state index in [-0.39, 0.29) is 11.8 Å². The summed E-state index contributed by atoms with van der Waals surface area (Å²) >= 11 is 0. The number of carbonyl (C=O) groups is 1. The second-order valence-electron chi connectivity index (χ2n) is 6.98. The van der Waals surface area contributed by atoms with E-state index >= 15 is 0 Å². The van der Waals surface area contributed by atoms with E-state index in [4.69, 9.17) is 4.42 Å². The number of aryl methyl sites for hydroxylation is 1. The maximum atomic E-state index is 12.6. The molecule has 3 heterocycles. The minimum atomic E-state index is -0.126. The van der Waals surface area contributed by atoms with E-state index in [2.05, 4.69) is 20.2 Å². The average molecular weight is 345 g/mol. The molecular formula is C18H27N5O2. The molecule has 0 unspecified atom stereocenters. The lowest BCUT2D eigenvalue weighted by atomic mass is 10.1. The maximum absolute atomic E-state index is 12.6. The summed E-state index contributed by atoms with van der Waals surface area (Å²) < 4.78 is 7.66. The van der Waals surface area contributed by atoms with Crippen molar-refractivity contribution < 1.29 is 9.21 Å². The number of aromatic nitrogens is 2. The first-order chi connectivity index (χ1) is 12.0. The van der Waals surface area contributed by atoms with Gasteiger partial charge in [0.2, 0.25) is 5.91 Å². The molecule has 2 aromatic rings. The number of rotatable bonds is 6. The topological polar surface area (TPSA) is 66.5 Å². The van der Waals surface area contributed by atoms with Gasteiger partial charge in [-0.1, -0.05) is 0 Å². The van der Waals surface area contributed by atoms with Gasteiger partial charge in [-0.25, -0.2) is 0 Å². The van der Waals surface area contributed by atoms with Crippen LogP contribution in [0.4, 0.5) is 0 Å². The summed E-state index contributed by atoms with van der Waals surface area (Å²) in [5, 5.41) is 7.43. The fourth-order valence-corrected chi connectivity index (χ4v) is 3.15. The lowest BCUT2D eigenvalue weighted by Crippen LogP contribution is -2.41. The molecular weight excluding hydrogens is 318 g/mol. The second kappa shape index (κ2) is 7.84. The lowest BCUT2D eigenvalue weighted by molar-refractivity contribution is -0.126. The van der Waals surface area contributed by atoms with E-state index in [0.717, 1.165) is 30.3 Å². The minimum absolute atomic E-state index is 0.0887. The van der Waals surface area contributed by atoms with Crippen LogP contribution >= 0.6 is 0 Å². The first kappa shape index (κ1) is 17.7. The Balaban J connectivity index is 1.69. The van der Waals surface area contributed by atoms with Gasteiger partial charge in [0.25, 0.3) is 0 Å². The van der Waals surface area contributed by atoms with Crippen molar-refractivity contribution in [1.29, 1.82) is 0 Å². The summed E-state index contributed by atoms with van der Waals surface area (Å²) in [6, 6.07) is 6.00. The van der Waals surface area contributed by atoms with Gasteiger partial charge >= 0.3 is 0 Å². The zero-order valence-corrected chi connectivity index (χ0v) is 15.2. The van der Waals surface area contributed by atoms with E-state index in [1.807, 2.05) is 43.9 Å². The molecule has 0 aliphatic carbocycles. The van der Waals surface area contributed by atoms with Crippen LogP contribution in [0.25, 0.3) is 0 Å². The minimum Gasteiger partial charge on any atom is -0.465 e. The van der Waals surface area contributed by atoms with Gasteiger partial charge in [-0.05, 0) is 39.2 Å². The smallest absolute Gasteiger partial charge is 0.226 e. The van der Waals surface area contributed by atoms with Gasteiger partial charge in [0, 0.05) is 32.4 Å². The van der Waals surface area contributed by atoms with Gasteiger partial charge < -0.3 is 14.6 Å². The summed E-state index contributed by atoms with van der Waals surface area (Å²) in [4.78, 5) is 17.0. The van der Waals surface area contributed by atoms with Crippen molar-refractivity contribution in [3.05, 3.63) is 41.6 Å². The second-order valence-corrected chi connectivity index (χ2v) is 6.98. The summed E-state index contributed by atoms with van der Waals surface area (Å²) in [5.74, 6) is 1.80. The largest absolute Gasteiger partial charge is 0.465 e. The average Bonchev–Trinajstić information content (AvgIpc) is 3.11. The van der Waals surface area contributed by atoms with Crippen LogP contribution in [0.3, 0.4) is 0 Å². The first-order valence-electron chi connectivity index (χ1n) is 8.72. The standard InChI is InChI=1S/C18H27N5O2/c1-14-4-5-17(25-14)13-22-10-15(18(24)19-8-9-21(2)3)11-23-16(12-22)6-7-20-23/h4-7,15H,8-13H2,1-3H3,(H,19,24)/t15-/m1/s1. The number of carbonyl (C=O) groups excluding carboxylic acids is 1. The van der Waals surface area contributed by atoms with E-state index in [0.29, 0.717) is 26.2 Å². The fraction of sp³-hybridized carbons (Fsp3) is 0.556. The third-order valence-electron chi connectivity index (χ3n) is 4.47. The van der Waals surface area contributed by atoms with Gasteiger partial charge in [0.1, 0.15) is 11.5 Å². The Morgan fingerprint density at radius 2 is 2.20 bits per heavy atom. The number of amides is 1. The summed E-state index contributed by atoms with van der Waals surface area (Å²) in [5.41, 5.74) is 1.13. The monoisotopic (exact) mass is 345 g/mol. The number of nitrogens with one attached hydrogen (secondary N) is 1. The van der Waals surface area contributed by atoms with E-state index in [1.54, 1.807) is 6.20 Å². The molecule has 7 heteroatoms. The summed E-state index contributed by atoms with van der Waals surface area (Å²) in [6.07, 6.45) is 1.80. The van der Waals surface area contributed by atoms with Crippen LogP contribution in [0, 0.1) is 12.8 Å². The van der Waals surface area contributed by atoms with Gasteiger partial charge in [-0.3, -0.25) is 14.4 Å². The molecule has 1 aliphatic heterocycles.